The lowest BCUT2D eigenvalue weighted by Gasteiger charge is -2.14. The van der Waals surface area contributed by atoms with E-state index in [4.69, 9.17) is 5.73 Å². The lowest BCUT2D eigenvalue weighted by atomic mass is 10.1. The van der Waals surface area contributed by atoms with Crippen LogP contribution < -0.4 is 16.4 Å². The van der Waals surface area contributed by atoms with Gasteiger partial charge in [-0.15, -0.1) is 0 Å². The van der Waals surface area contributed by atoms with Crippen LogP contribution in [0.4, 0.5) is 0 Å². The summed E-state index contributed by atoms with van der Waals surface area (Å²) in [6.07, 6.45) is 2.07. The molecule has 0 radical (unpaired) electrons. The summed E-state index contributed by atoms with van der Waals surface area (Å²) >= 11 is 0. The minimum atomic E-state index is -0.526. The molecule has 1 saturated carbocycles. The molecular weight excluding hydrogens is 242 g/mol. The predicted molar refractivity (Wildman–Crippen MR) is 72.4 cm³/mol. The molecule has 19 heavy (non-hydrogen) atoms. The first-order valence-electron chi connectivity index (χ1n) is 6.50. The summed E-state index contributed by atoms with van der Waals surface area (Å²) in [5.41, 5.74) is 6.99. The minimum Gasteiger partial charge on any atom is -0.352 e. The van der Waals surface area contributed by atoms with Crippen molar-refractivity contribution < 1.29 is 9.59 Å². The van der Waals surface area contributed by atoms with Gasteiger partial charge in [-0.3, -0.25) is 9.59 Å². The van der Waals surface area contributed by atoms with E-state index in [1.54, 1.807) is 19.1 Å². The Morgan fingerprint density at radius 3 is 2.47 bits per heavy atom. The van der Waals surface area contributed by atoms with Crippen LogP contribution in [0.3, 0.4) is 0 Å². The Labute approximate surface area is 112 Å². The van der Waals surface area contributed by atoms with Crippen molar-refractivity contribution in [1.29, 1.82) is 0 Å². The van der Waals surface area contributed by atoms with E-state index in [-0.39, 0.29) is 11.8 Å². The molecule has 5 nitrogen and oxygen atoms in total. The van der Waals surface area contributed by atoms with Gasteiger partial charge in [0.05, 0.1) is 0 Å². The average Bonchev–Trinajstić information content (AvgIpc) is 3.22. The number of amides is 2. The van der Waals surface area contributed by atoms with Crippen molar-refractivity contribution in [3.63, 3.8) is 0 Å². The van der Waals surface area contributed by atoms with Crippen molar-refractivity contribution in [2.24, 2.45) is 5.73 Å². The zero-order valence-corrected chi connectivity index (χ0v) is 11.0. The fourth-order valence-corrected chi connectivity index (χ4v) is 1.69. The molecule has 4 N–H and O–H groups in total. The van der Waals surface area contributed by atoms with E-state index in [2.05, 4.69) is 10.6 Å². The number of hydrogen-bond donors (Lipinski definition) is 3. The molecule has 1 fully saturated rings. The molecule has 0 aliphatic heterocycles. The van der Waals surface area contributed by atoms with E-state index < -0.39 is 6.04 Å². The molecular formula is C14H19N3O2. The maximum Gasteiger partial charge on any atom is 0.251 e. The summed E-state index contributed by atoms with van der Waals surface area (Å²) < 4.78 is 0. The van der Waals surface area contributed by atoms with E-state index in [1.165, 1.54) is 0 Å². The van der Waals surface area contributed by atoms with Crippen molar-refractivity contribution in [3.05, 3.63) is 35.4 Å². The van der Waals surface area contributed by atoms with E-state index in [1.807, 2.05) is 12.1 Å². The van der Waals surface area contributed by atoms with Crippen LogP contribution in [0.1, 0.15) is 35.7 Å². The van der Waals surface area contributed by atoms with Crippen LogP contribution in [0.5, 0.6) is 0 Å². The molecule has 1 aromatic rings. The second-order valence-corrected chi connectivity index (χ2v) is 4.88. The maximum absolute atomic E-state index is 11.9. The lowest BCUT2D eigenvalue weighted by Crippen LogP contribution is -2.45. The van der Waals surface area contributed by atoms with Gasteiger partial charge in [-0.25, -0.2) is 0 Å². The molecule has 0 heterocycles. The number of rotatable bonds is 5. The molecule has 5 heteroatoms. The summed E-state index contributed by atoms with van der Waals surface area (Å²) in [4.78, 5) is 23.7. The number of carbonyl (C=O) groups excluding carboxylic acids is 2. The first-order chi connectivity index (χ1) is 9.10. The highest BCUT2D eigenvalue weighted by atomic mass is 16.2. The summed E-state index contributed by atoms with van der Waals surface area (Å²) in [5, 5.41) is 5.54. The van der Waals surface area contributed by atoms with Crippen molar-refractivity contribution in [2.75, 3.05) is 0 Å². The molecule has 1 aliphatic rings. The van der Waals surface area contributed by atoms with Gasteiger partial charge in [0.15, 0.2) is 0 Å². The number of benzene rings is 1. The van der Waals surface area contributed by atoms with E-state index in [0.29, 0.717) is 18.2 Å². The second-order valence-electron chi connectivity index (χ2n) is 4.88. The molecule has 1 aliphatic carbocycles. The highest BCUT2D eigenvalue weighted by molar-refractivity contribution is 5.97. The average molecular weight is 261 g/mol. The van der Waals surface area contributed by atoms with Gasteiger partial charge in [0.25, 0.3) is 5.91 Å². The fraction of sp³-hybridized carbons (Fsp3) is 0.429. The van der Waals surface area contributed by atoms with Crippen LogP contribution >= 0.6 is 0 Å². The number of nitrogens with one attached hydrogen (secondary N) is 2. The second kappa shape index (κ2) is 5.84. The summed E-state index contributed by atoms with van der Waals surface area (Å²) in [6, 6.07) is 6.82. The van der Waals surface area contributed by atoms with Gasteiger partial charge in [-0.05, 0) is 37.5 Å². The SMILES string of the molecule is CC(NC(=O)c1ccc(CN)cc1)C(=O)NC1CC1. The normalized spacial score (nSPS) is 15.7. The van der Waals surface area contributed by atoms with Crippen LogP contribution in [0.2, 0.25) is 0 Å². The Morgan fingerprint density at radius 2 is 1.95 bits per heavy atom. The van der Waals surface area contributed by atoms with Gasteiger partial charge in [0.1, 0.15) is 6.04 Å². The monoisotopic (exact) mass is 261 g/mol. The predicted octanol–water partition coefficient (Wildman–Crippen LogP) is 0.542. The Bertz CT molecular complexity index is 466. The quantitative estimate of drug-likeness (QED) is 0.723. The van der Waals surface area contributed by atoms with Gasteiger partial charge in [0, 0.05) is 18.2 Å². The molecule has 1 aromatic carbocycles. The standard InChI is InChI=1S/C14H19N3O2/c1-9(13(18)17-12-6-7-12)16-14(19)11-4-2-10(8-15)3-5-11/h2-5,9,12H,6-8,15H2,1H3,(H,16,19)(H,17,18). The molecule has 0 aromatic heterocycles. The molecule has 0 saturated heterocycles. The van der Waals surface area contributed by atoms with Crippen molar-refractivity contribution in [3.8, 4) is 0 Å². The van der Waals surface area contributed by atoms with Crippen LogP contribution in [0, 0.1) is 0 Å². The van der Waals surface area contributed by atoms with E-state index >= 15 is 0 Å². The molecule has 0 bridgehead atoms. The smallest absolute Gasteiger partial charge is 0.251 e. The third kappa shape index (κ3) is 3.79. The molecule has 2 amide bonds. The lowest BCUT2D eigenvalue weighted by molar-refractivity contribution is -0.122. The Hall–Kier alpha value is -1.88. The van der Waals surface area contributed by atoms with Crippen molar-refractivity contribution in [1.82, 2.24) is 10.6 Å². The highest BCUT2D eigenvalue weighted by Crippen LogP contribution is 2.18. The molecule has 2 rings (SSSR count). The van der Waals surface area contributed by atoms with Crippen LogP contribution in [-0.2, 0) is 11.3 Å². The third-order valence-electron chi connectivity index (χ3n) is 3.12. The summed E-state index contributed by atoms with van der Waals surface area (Å²) in [5.74, 6) is -0.378. The minimum absolute atomic E-state index is 0.130. The third-order valence-corrected chi connectivity index (χ3v) is 3.12. The Morgan fingerprint density at radius 1 is 1.32 bits per heavy atom. The summed E-state index contributed by atoms with van der Waals surface area (Å²) in [6.45, 7) is 2.13. The van der Waals surface area contributed by atoms with Gasteiger partial charge in [0.2, 0.25) is 5.91 Å². The summed E-state index contributed by atoms with van der Waals surface area (Å²) in [7, 11) is 0. The molecule has 1 unspecified atom stereocenters. The van der Waals surface area contributed by atoms with E-state index in [0.717, 1.165) is 18.4 Å². The van der Waals surface area contributed by atoms with Crippen molar-refractivity contribution >= 4 is 11.8 Å². The van der Waals surface area contributed by atoms with Gasteiger partial charge < -0.3 is 16.4 Å². The Balaban J connectivity index is 1.89. The van der Waals surface area contributed by atoms with Crippen LogP contribution in [0.25, 0.3) is 0 Å². The van der Waals surface area contributed by atoms with Crippen LogP contribution in [-0.4, -0.2) is 23.9 Å². The van der Waals surface area contributed by atoms with Crippen LogP contribution in [0.15, 0.2) is 24.3 Å². The zero-order chi connectivity index (χ0) is 13.8. The Kier molecular flexibility index (Phi) is 4.16. The maximum atomic E-state index is 11.9. The first-order valence-corrected chi connectivity index (χ1v) is 6.50. The molecule has 1 atom stereocenters. The van der Waals surface area contributed by atoms with Gasteiger partial charge in [-0.1, -0.05) is 12.1 Å². The number of hydrogen-bond acceptors (Lipinski definition) is 3. The highest BCUT2D eigenvalue weighted by Gasteiger charge is 2.26. The number of nitrogens with two attached hydrogens (primary N) is 1. The first kappa shape index (κ1) is 13.5. The number of carbonyl (C=O) groups is 2. The fourth-order valence-electron chi connectivity index (χ4n) is 1.69. The van der Waals surface area contributed by atoms with Gasteiger partial charge in [-0.2, -0.15) is 0 Å². The molecule has 102 valence electrons. The largest absolute Gasteiger partial charge is 0.352 e. The zero-order valence-electron chi connectivity index (χ0n) is 11.0. The van der Waals surface area contributed by atoms with Gasteiger partial charge >= 0.3 is 0 Å². The molecule has 0 spiro atoms. The van der Waals surface area contributed by atoms with E-state index in [9.17, 15) is 9.59 Å². The topological polar surface area (TPSA) is 84.2 Å². The van der Waals surface area contributed by atoms with Crippen molar-refractivity contribution in [2.45, 2.75) is 38.4 Å².